The number of alkyl carbamates (subject to hydrolysis) is 1. The van der Waals surface area contributed by atoms with Crippen molar-refractivity contribution in [3.63, 3.8) is 0 Å². The van der Waals surface area contributed by atoms with Gasteiger partial charge in [-0.05, 0) is 5.92 Å². The highest BCUT2D eigenvalue weighted by Crippen LogP contribution is 2.03. The summed E-state index contributed by atoms with van der Waals surface area (Å²) in [5.41, 5.74) is 0. The topological polar surface area (TPSA) is 84.8 Å². The molecule has 2 amide bonds. The third-order valence-electron chi connectivity index (χ3n) is 1.48. The largest absolute Gasteiger partial charge is 0.453 e. The van der Waals surface area contributed by atoms with Crippen molar-refractivity contribution < 1.29 is 14.3 Å². The van der Waals surface area contributed by atoms with Gasteiger partial charge in [-0.3, -0.25) is 4.79 Å². The van der Waals surface area contributed by atoms with E-state index in [1.54, 1.807) is 13.8 Å². The number of nitrogens with one attached hydrogen (secondary N) is 1. The van der Waals surface area contributed by atoms with Crippen LogP contribution in [0.4, 0.5) is 4.79 Å². The molecule has 6 heteroatoms. The molecular weight excluding hydrogens is 176 g/mol. The second kappa shape index (κ2) is 5.23. The van der Waals surface area contributed by atoms with E-state index in [-0.39, 0.29) is 5.92 Å². The number of ether oxygens (including phenoxy) is 1. The third kappa shape index (κ3) is 3.64. The van der Waals surface area contributed by atoms with Gasteiger partial charge in [0, 0.05) is 5.18 Å². The van der Waals surface area contributed by atoms with E-state index in [1.165, 1.54) is 7.11 Å². The first-order valence-corrected chi connectivity index (χ1v) is 3.74. The fraction of sp³-hybridized carbons (Fsp3) is 0.714. The van der Waals surface area contributed by atoms with Crippen molar-refractivity contribution in [1.82, 2.24) is 5.32 Å². The molecule has 74 valence electrons. The lowest BCUT2D eigenvalue weighted by Crippen LogP contribution is -2.43. The number of nitroso groups, excluding NO2 is 1. The van der Waals surface area contributed by atoms with Crippen molar-refractivity contribution in [2.75, 3.05) is 7.11 Å². The third-order valence-corrected chi connectivity index (χ3v) is 1.48. The predicted octanol–water partition coefficient (Wildman–Crippen LogP) is 0.660. The number of carbonyl (C=O) groups is 2. The Morgan fingerprint density at radius 1 is 1.38 bits per heavy atom. The number of amides is 2. The average Bonchev–Trinajstić information content (AvgIpc) is 2.11. The van der Waals surface area contributed by atoms with Crippen LogP contribution >= 0.6 is 0 Å². The summed E-state index contributed by atoms with van der Waals surface area (Å²) in [7, 11) is 1.17. The first-order valence-electron chi connectivity index (χ1n) is 3.74. The van der Waals surface area contributed by atoms with Crippen LogP contribution in [-0.2, 0) is 9.53 Å². The summed E-state index contributed by atoms with van der Waals surface area (Å²) in [6, 6.07) is -0.912. The maximum atomic E-state index is 10.9. The van der Waals surface area contributed by atoms with Gasteiger partial charge in [-0.1, -0.05) is 13.8 Å². The summed E-state index contributed by atoms with van der Waals surface area (Å²) in [5.74, 6) is -1.11. The van der Waals surface area contributed by atoms with Crippen LogP contribution in [0.5, 0.6) is 0 Å². The van der Waals surface area contributed by atoms with Crippen LogP contribution in [0.2, 0.25) is 0 Å². The van der Waals surface area contributed by atoms with E-state index in [2.05, 4.69) is 15.2 Å². The van der Waals surface area contributed by atoms with E-state index < -0.39 is 18.0 Å². The summed E-state index contributed by atoms with van der Waals surface area (Å²) < 4.78 is 4.28. The summed E-state index contributed by atoms with van der Waals surface area (Å²) in [5, 5.41) is 4.45. The zero-order valence-electron chi connectivity index (χ0n) is 7.73. The van der Waals surface area contributed by atoms with Gasteiger partial charge in [-0.2, -0.15) is 0 Å². The molecule has 6 nitrogen and oxygen atoms in total. The molecule has 0 aromatic carbocycles. The van der Waals surface area contributed by atoms with Gasteiger partial charge in [0.25, 0.3) is 0 Å². The molecule has 0 aliphatic carbocycles. The molecule has 0 unspecified atom stereocenters. The molecule has 0 aromatic heterocycles. The van der Waals surface area contributed by atoms with Crippen molar-refractivity contribution in [3.8, 4) is 0 Å². The molecule has 0 spiro atoms. The average molecular weight is 188 g/mol. The van der Waals surface area contributed by atoms with Crippen LogP contribution in [0.3, 0.4) is 0 Å². The van der Waals surface area contributed by atoms with Crippen molar-refractivity contribution >= 4 is 12.0 Å². The quantitative estimate of drug-likeness (QED) is 0.659. The van der Waals surface area contributed by atoms with Crippen LogP contribution in [-0.4, -0.2) is 25.2 Å². The molecule has 0 fully saturated rings. The summed E-state index contributed by atoms with van der Waals surface area (Å²) >= 11 is 0. The maximum absolute atomic E-state index is 10.9. The molecule has 1 N–H and O–H groups in total. The Hall–Kier alpha value is -1.46. The first kappa shape index (κ1) is 11.5. The lowest BCUT2D eigenvalue weighted by molar-refractivity contribution is -0.120. The maximum Gasteiger partial charge on any atom is 0.407 e. The summed E-state index contributed by atoms with van der Waals surface area (Å²) in [6.45, 7) is 3.37. The molecule has 0 saturated heterocycles. The Morgan fingerprint density at radius 2 is 1.92 bits per heavy atom. The minimum absolute atomic E-state index is 0.204. The molecular formula is C7H12N2O4. The smallest absolute Gasteiger partial charge is 0.407 e. The molecule has 0 radical (unpaired) electrons. The van der Waals surface area contributed by atoms with Gasteiger partial charge in [0.15, 0.2) is 0 Å². The highest BCUT2D eigenvalue weighted by atomic mass is 16.5. The van der Waals surface area contributed by atoms with E-state index in [9.17, 15) is 14.5 Å². The highest BCUT2D eigenvalue weighted by molar-refractivity contribution is 5.86. The van der Waals surface area contributed by atoms with Crippen LogP contribution in [0.15, 0.2) is 5.18 Å². The van der Waals surface area contributed by atoms with Crippen LogP contribution in [0, 0.1) is 10.8 Å². The number of carbonyl (C=O) groups excluding carboxylic acids is 2. The molecule has 13 heavy (non-hydrogen) atoms. The normalized spacial score (nSPS) is 12.0. The second-order valence-electron chi connectivity index (χ2n) is 2.79. The van der Waals surface area contributed by atoms with Gasteiger partial charge in [0.05, 0.1) is 7.11 Å². The van der Waals surface area contributed by atoms with Crippen molar-refractivity contribution in [2.24, 2.45) is 11.1 Å². The molecule has 0 rings (SSSR count). The fourth-order valence-electron chi connectivity index (χ4n) is 0.756. The van der Waals surface area contributed by atoms with E-state index >= 15 is 0 Å². The first-order chi connectivity index (χ1) is 6.02. The zero-order chi connectivity index (χ0) is 10.4. The molecule has 0 saturated carbocycles. The Kier molecular flexibility index (Phi) is 4.64. The van der Waals surface area contributed by atoms with Gasteiger partial charge in [-0.15, -0.1) is 4.91 Å². The number of hydrogen-bond acceptors (Lipinski definition) is 4. The summed E-state index contributed by atoms with van der Waals surface area (Å²) in [6.07, 6.45) is -0.754. The van der Waals surface area contributed by atoms with Gasteiger partial charge in [0.1, 0.15) is 6.04 Å². The Morgan fingerprint density at radius 3 is 2.23 bits per heavy atom. The number of nitrogens with zero attached hydrogens (tertiary/aromatic N) is 1. The Balaban J connectivity index is 4.34. The fourth-order valence-corrected chi connectivity index (χ4v) is 0.756. The van der Waals surface area contributed by atoms with E-state index in [4.69, 9.17) is 0 Å². The van der Waals surface area contributed by atoms with Crippen LogP contribution in [0.1, 0.15) is 13.8 Å². The van der Waals surface area contributed by atoms with Gasteiger partial charge < -0.3 is 10.1 Å². The van der Waals surface area contributed by atoms with E-state index in [1.807, 2.05) is 0 Å². The molecule has 0 bridgehead atoms. The molecule has 0 aliphatic heterocycles. The SMILES string of the molecule is COC(=O)N[C@@H](C(=O)N=O)C(C)C. The van der Waals surface area contributed by atoms with Gasteiger partial charge in [-0.25, -0.2) is 4.79 Å². The monoisotopic (exact) mass is 188 g/mol. The number of methoxy groups -OCH3 is 1. The van der Waals surface area contributed by atoms with Gasteiger partial charge in [0.2, 0.25) is 0 Å². The highest BCUT2D eigenvalue weighted by Gasteiger charge is 2.24. The zero-order valence-corrected chi connectivity index (χ0v) is 7.73. The standard InChI is InChI=1S/C7H12N2O4/c1-4(2)5(6(10)9-12)8-7(11)13-3/h4-5H,1-3H3,(H,8,11)/t5-/m1/s1. The molecule has 1 atom stereocenters. The van der Waals surface area contributed by atoms with Crippen LogP contribution < -0.4 is 5.32 Å². The van der Waals surface area contributed by atoms with Crippen molar-refractivity contribution in [3.05, 3.63) is 4.91 Å². The minimum Gasteiger partial charge on any atom is -0.453 e. The number of rotatable bonds is 3. The predicted molar refractivity (Wildman–Crippen MR) is 45.0 cm³/mol. The molecule has 0 heterocycles. The Bertz CT molecular complexity index is 215. The van der Waals surface area contributed by atoms with Crippen molar-refractivity contribution in [1.29, 1.82) is 0 Å². The summed E-state index contributed by atoms with van der Waals surface area (Å²) in [4.78, 5) is 31.5. The van der Waals surface area contributed by atoms with E-state index in [0.717, 1.165) is 0 Å². The number of hydrogen-bond donors (Lipinski definition) is 1. The lowest BCUT2D eigenvalue weighted by Gasteiger charge is -2.16. The van der Waals surface area contributed by atoms with Gasteiger partial charge >= 0.3 is 12.0 Å². The van der Waals surface area contributed by atoms with Crippen LogP contribution in [0.25, 0.3) is 0 Å². The lowest BCUT2D eigenvalue weighted by atomic mass is 10.0. The van der Waals surface area contributed by atoms with Crippen molar-refractivity contribution in [2.45, 2.75) is 19.9 Å². The minimum atomic E-state index is -0.912. The van der Waals surface area contributed by atoms with E-state index in [0.29, 0.717) is 0 Å². The molecule has 0 aliphatic rings. The second-order valence-corrected chi connectivity index (χ2v) is 2.79. The Labute approximate surface area is 75.6 Å². The molecule has 0 aromatic rings.